The van der Waals surface area contributed by atoms with Gasteiger partial charge < -0.3 is 13.9 Å². The van der Waals surface area contributed by atoms with Crippen molar-refractivity contribution in [2.75, 3.05) is 20.4 Å². The summed E-state index contributed by atoms with van der Waals surface area (Å²) in [6.45, 7) is 2.03. The van der Waals surface area contributed by atoms with Gasteiger partial charge in [-0.15, -0.1) is 0 Å². The van der Waals surface area contributed by atoms with Gasteiger partial charge in [0.15, 0.2) is 0 Å². The highest BCUT2D eigenvalue weighted by Gasteiger charge is 2.22. The van der Waals surface area contributed by atoms with Gasteiger partial charge in [0.05, 0.1) is 18.2 Å². The molecular weight excluding hydrogens is 390 g/mol. The van der Waals surface area contributed by atoms with Crippen LogP contribution >= 0.6 is 0 Å². The van der Waals surface area contributed by atoms with E-state index in [0.717, 1.165) is 41.0 Å². The summed E-state index contributed by atoms with van der Waals surface area (Å²) < 4.78 is 17.0. The molecule has 0 saturated carbocycles. The fraction of sp³-hybridized carbons (Fsp3) is 0.192. The zero-order chi connectivity index (χ0) is 21.2. The van der Waals surface area contributed by atoms with Crippen molar-refractivity contribution in [3.63, 3.8) is 0 Å². The van der Waals surface area contributed by atoms with E-state index >= 15 is 0 Å². The highest BCUT2D eigenvalue weighted by molar-refractivity contribution is 5.86. The third-order valence-electron chi connectivity index (χ3n) is 5.71. The third-order valence-corrected chi connectivity index (χ3v) is 5.71. The smallest absolute Gasteiger partial charge is 0.344 e. The van der Waals surface area contributed by atoms with Crippen LogP contribution < -0.4 is 15.1 Å². The van der Waals surface area contributed by atoms with Gasteiger partial charge in [-0.2, -0.15) is 0 Å². The summed E-state index contributed by atoms with van der Waals surface area (Å²) in [6, 6.07) is 23.5. The van der Waals surface area contributed by atoms with Crippen LogP contribution in [0.4, 0.5) is 0 Å². The van der Waals surface area contributed by atoms with Crippen LogP contribution in [0, 0.1) is 0 Å². The standard InChI is InChI=1S/C26H23NO4/c1-29-21-10-7-18(8-11-21)13-14-27-16-23-24(30-17-27)12-9-20-15-22(26(28)31-25(20)23)19-5-3-2-4-6-19/h2-12,15H,13-14,16-17H2,1H3. The molecular formula is C26H23NO4. The molecule has 0 fully saturated rings. The Morgan fingerprint density at radius 1 is 1.00 bits per heavy atom. The number of fused-ring (bicyclic) bond motifs is 3. The average molecular weight is 413 g/mol. The van der Waals surface area contributed by atoms with E-state index in [-0.39, 0.29) is 5.63 Å². The largest absolute Gasteiger partial charge is 0.497 e. The summed E-state index contributed by atoms with van der Waals surface area (Å²) >= 11 is 0. The predicted molar refractivity (Wildman–Crippen MR) is 121 cm³/mol. The number of nitrogens with zero attached hydrogens (tertiary/aromatic N) is 1. The van der Waals surface area contributed by atoms with Gasteiger partial charge in [-0.3, -0.25) is 4.90 Å². The van der Waals surface area contributed by atoms with Crippen molar-refractivity contribution < 1.29 is 13.9 Å². The summed E-state index contributed by atoms with van der Waals surface area (Å²) in [5, 5.41) is 0.901. The van der Waals surface area contributed by atoms with Gasteiger partial charge in [-0.05, 0) is 47.9 Å². The minimum atomic E-state index is -0.331. The van der Waals surface area contributed by atoms with Crippen LogP contribution in [0.3, 0.4) is 0 Å². The van der Waals surface area contributed by atoms with Gasteiger partial charge in [0.1, 0.15) is 23.8 Å². The van der Waals surface area contributed by atoms with Gasteiger partial charge in [0.2, 0.25) is 0 Å². The lowest BCUT2D eigenvalue weighted by molar-refractivity contribution is 0.0968. The highest BCUT2D eigenvalue weighted by atomic mass is 16.5. The summed E-state index contributed by atoms with van der Waals surface area (Å²) in [4.78, 5) is 15.0. The average Bonchev–Trinajstić information content (AvgIpc) is 2.83. The molecule has 5 heteroatoms. The second-order valence-electron chi connectivity index (χ2n) is 7.70. The van der Waals surface area contributed by atoms with Gasteiger partial charge in [0, 0.05) is 18.5 Å². The first-order valence-electron chi connectivity index (χ1n) is 10.3. The van der Waals surface area contributed by atoms with E-state index in [4.69, 9.17) is 13.9 Å². The molecule has 5 nitrogen and oxygen atoms in total. The van der Waals surface area contributed by atoms with Crippen molar-refractivity contribution in [3.05, 3.63) is 94.3 Å². The number of methoxy groups -OCH3 is 1. The Kier molecular flexibility index (Phi) is 5.18. The van der Waals surface area contributed by atoms with Crippen LogP contribution in [0.2, 0.25) is 0 Å². The lowest BCUT2D eigenvalue weighted by Gasteiger charge is -2.29. The van der Waals surface area contributed by atoms with E-state index in [1.165, 1.54) is 5.56 Å². The van der Waals surface area contributed by atoms with Crippen LogP contribution in [0.25, 0.3) is 22.1 Å². The van der Waals surface area contributed by atoms with E-state index in [9.17, 15) is 4.79 Å². The molecule has 0 radical (unpaired) electrons. The van der Waals surface area contributed by atoms with Crippen molar-refractivity contribution in [2.24, 2.45) is 0 Å². The first-order chi connectivity index (χ1) is 15.2. The maximum atomic E-state index is 12.7. The Morgan fingerprint density at radius 2 is 1.81 bits per heavy atom. The summed E-state index contributed by atoms with van der Waals surface area (Å²) in [5.41, 5.74) is 3.87. The monoisotopic (exact) mass is 413 g/mol. The van der Waals surface area contributed by atoms with Crippen LogP contribution in [-0.2, 0) is 13.0 Å². The zero-order valence-electron chi connectivity index (χ0n) is 17.3. The van der Waals surface area contributed by atoms with E-state index in [2.05, 4.69) is 17.0 Å². The van der Waals surface area contributed by atoms with E-state index < -0.39 is 0 Å². The normalized spacial score (nSPS) is 13.6. The molecule has 0 amide bonds. The Balaban J connectivity index is 1.40. The fourth-order valence-electron chi connectivity index (χ4n) is 3.98. The summed E-state index contributed by atoms with van der Waals surface area (Å²) in [6.07, 6.45) is 0.898. The molecule has 0 unspecified atom stereocenters. The lowest BCUT2D eigenvalue weighted by atomic mass is 10.0. The molecule has 3 aromatic carbocycles. The van der Waals surface area contributed by atoms with Gasteiger partial charge in [-0.25, -0.2) is 4.79 Å². The summed E-state index contributed by atoms with van der Waals surface area (Å²) in [7, 11) is 1.67. The minimum Gasteiger partial charge on any atom is -0.497 e. The minimum absolute atomic E-state index is 0.331. The van der Waals surface area contributed by atoms with Gasteiger partial charge in [0.25, 0.3) is 0 Å². The molecule has 31 heavy (non-hydrogen) atoms. The maximum absolute atomic E-state index is 12.7. The molecule has 1 aromatic heterocycles. The quantitative estimate of drug-likeness (QED) is 0.437. The molecule has 0 aliphatic carbocycles. The summed E-state index contributed by atoms with van der Waals surface area (Å²) in [5.74, 6) is 1.64. The zero-order valence-corrected chi connectivity index (χ0v) is 17.3. The molecule has 0 spiro atoms. The number of hydrogen-bond acceptors (Lipinski definition) is 5. The molecule has 2 heterocycles. The molecule has 0 atom stereocenters. The molecule has 1 aliphatic heterocycles. The second-order valence-corrected chi connectivity index (χ2v) is 7.70. The van der Waals surface area contributed by atoms with Crippen LogP contribution in [-0.4, -0.2) is 25.3 Å². The van der Waals surface area contributed by atoms with Crippen molar-refractivity contribution >= 4 is 11.0 Å². The number of ether oxygens (including phenoxy) is 2. The molecule has 0 bridgehead atoms. The van der Waals surface area contributed by atoms with E-state index in [1.807, 2.05) is 60.7 Å². The molecule has 0 saturated heterocycles. The van der Waals surface area contributed by atoms with Crippen molar-refractivity contribution in [3.8, 4) is 22.6 Å². The van der Waals surface area contributed by atoms with Crippen molar-refractivity contribution in [1.29, 1.82) is 0 Å². The SMILES string of the molecule is COc1ccc(CCN2COc3ccc4cc(-c5ccccc5)c(=O)oc4c3C2)cc1. The van der Waals surface area contributed by atoms with E-state index in [1.54, 1.807) is 7.11 Å². The second kappa shape index (κ2) is 8.28. The van der Waals surface area contributed by atoms with Crippen molar-refractivity contribution in [2.45, 2.75) is 13.0 Å². The van der Waals surface area contributed by atoms with Crippen molar-refractivity contribution in [1.82, 2.24) is 4.90 Å². The van der Waals surface area contributed by atoms with Crippen LogP contribution in [0.5, 0.6) is 11.5 Å². The molecule has 4 aromatic rings. The molecule has 5 rings (SSSR count). The van der Waals surface area contributed by atoms with Gasteiger partial charge in [-0.1, -0.05) is 42.5 Å². The van der Waals surface area contributed by atoms with E-state index in [0.29, 0.717) is 24.4 Å². The van der Waals surface area contributed by atoms with Crippen LogP contribution in [0.1, 0.15) is 11.1 Å². The highest BCUT2D eigenvalue weighted by Crippen LogP contribution is 2.33. The Labute approximate surface area is 180 Å². The predicted octanol–water partition coefficient (Wildman–Crippen LogP) is 4.86. The molecule has 0 N–H and O–H groups in total. The third kappa shape index (κ3) is 3.92. The molecule has 156 valence electrons. The number of hydrogen-bond donors (Lipinski definition) is 0. The number of benzene rings is 3. The van der Waals surface area contributed by atoms with Crippen LogP contribution in [0.15, 0.2) is 82.0 Å². The first-order valence-corrected chi connectivity index (χ1v) is 10.3. The molecule has 1 aliphatic rings. The topological polar surface area (TPSA) is 51.9 Å². The first kappa shape index (κ1) is 19.4. The Hall–Kier alpha value is -3.57. The Morgan fingerprint density at radius 3 is 2.58 bits per heavy atom. The van der Waals surface area contributed by atoms with Gasteiger partial charge >= 0.3 is 5.63 Å². The maximum Gasteiger partial charge on any atom is 0.344 e. The lowest BCUT2D eigenvalue weighted by Crippen LogP contribution is -2.33. The Bertz CT molecular complexity index is 1260. The number of rotatable bonds is 5. The fourth-order valence-corrected chi connectivity index (χ4v) is 3.98.